The smallest absolute Gasteiger partial charge is 0.120 e. The van der Waals surface area contributed by atoms with Crippen LogP contribution in [0.5, 0.6) is 0 Å². The standard InChI is InChI=1S/C25H29N7O/c1-18-4-2-5-23(29-18)25-20(17-28-31-25)21-6-7-22-24(30-21)14-19(16-27-22)15-26-8-3-9-32-10-12-33-13-11-32/h2,4-7,14,16-17,26H,3,8-13,15H2,1H3,(H,28,31). The molecule has 0 spiro atoms. The highest BCUT2D eigenvalue weighted by Crippen LogP contribution is 2.29. The Bertz CT molecular complexity index is 1220. The van der Waals surface area contributed by atoms with Gasteiger partial charge in [0, 0.05) is 43.3 Å². The van der Waals surface area contributed by atoms with Gasteiger partial charge in [-0.15, -0.1) is 0 Å². The number of pyridine rings is 3. The summed E-state index contributed by atoms with van der Waals surface area (Å²) >= 11 is 0. The molecule has 0 amide bonds. The summed E-state index contributed by atoms with van der Waals surface area (Å²) in [6.07, 6.45) is 4.93. The van der Waals surface area contributed by atoms with Crippen molar-refractivity contribution < 1.29 is 4.74 Å². The van der Waals surface area contributed by atoms with Crippen molar-refractivity contribution in [3.05, 3.63) is 60.0 Å². The Labute approximate surface area is 193 Å². The van der Waals surface area contributed by atoms with E-state index in [9.17, 15) is 0 Å². The Balaban J connectivity index is 1.26. The Morgan fingerprint density at radius 3 is 2.85 bits per heavy atom. The van der Waals surface area contributed by atoms with Crippen LogP contribution in [0.3, 0.4) is 0 Å². The number of rotatable bonds is 8. The lowest BCUT2D eigenvalue weighted by molar-refractivity contribution is 0.0374. The molecule has 0 radical (unpaired) electrons. The molecule has 8 heteroatoms. The fraction of sp³-hybridized carbons (Fsp3) is 0.360. The number of morpholine rings is 1. The highest BCUT2D eigenvalue weighted by molar-refractivity contribution is 5.82. The van der Waals surface area contributed by atoms with Crippen LogP contribution in [0.25, 0.3) is 33.7 Å². The second-order valence-corrected chi connectivity index (χ2v) is 8.37. The van der Waals surface area contributed by atoms with E-state index in [0.29, 0.717) is 0 Å². The van der Waals surface area contributed by atoms with Crippen LogP contribution in [0.1, 0.15) is 17.7 Å². The molecular formula is C25H29N7O. The molecule has 1 aliphatic rings. The van der Waals surface area contributed by atoms with E-state index in [-0.39, 0.29) is 0 Å². The number of aryl methyl sites for hydroxylation is 1. The molecule has 8 nitrogen and oxygen atoms in total. The number of aromatic nitrogens is 5. The lowest BCUT2D eigenvalue weighted by atomic mass is 10.1. The summed E-state index contributed by atoms with van der Waals surface area (Å²) in [6, 6.07) is 12.1. The maximum Gasteiger partial charge on any atom is 0.120 e. The number of ether oxygens (including phenoxy) is 1. The zero-order valence-electron chi connectivity index (χ0n) is 18.9. The predicted octanol–water partition coefficient (Wildman–Crippen LogP) is 3.20. The quantitative estimate of drug-likeness (QED) is 0.404. The molecular weight excluding hydrogens is 414 g/mol. The lowest BCUT2D eigenvalue weighted by Gasteiger charge is -2.26. The number of H-pyrrole nitrogens is 1. The van der Waals surface area contributed by atoms with Crippen molar-refractivity contribution in [2.75, 3.05) is 39.4 Å². The van der Waals surface area contributed by atoms with Gasteiger partial charge in [-0.2, -0.15) is 5.10 Å². The van der Waals surface area contributed by atoms with Gasteiger partial charge in [-0.05, 0) is 62.3 Å². The highest BCUT2D eigenvalue weighted by atomic mass is 16.5. The van der Waals surface area contributed by atoms with Crippen LogP contribution in [-0.2, 0) is 11.3 Å². The van der Waals surface area contributed by atoms with Crippen LogP contribution < -0.4 is 5.32 Å². The third kappa shape index (κ3) is 5.24. The molecule has 1 saturated heterocycles. The van der Waals surface area contributed by atoms with Gasteiger partial charge < -0.3 is 10.1 Å². The number of fused-ring (bicyclic) bond motifs is 1. The van der Waals surface area contributed by atoms with Crippen LogP contribution in [-0.4, -0.2) is 69.4 Å². The molecule has 5 rings (SSSR count). The van der Waals surface area contributed by atoms with Gasteiger partial charge in [0.1, 0.15) is 5.69 Å². The second-order valence-electron chi connectivity index (χ2n) is 8.37. The van der Waals surface area contributed by atoms with Gasteiger partial charge in [0.05, 0.1) is 35.6 Å². The first-order chi connectivity index (χ1) is 16.3. The van der Waals surface area contributed by atoms with Crippen molar-refractivity contribution in [2.24, 2.45) is 0 Å². The molecule has 1 fully saturated rings. The average Bonchev–Trinajstić information content (AvgIpc) is 3.34. The Hall–Kier alpha value is -3.20. The van der Waals surface area contributed by atoms with Gasteiger partial charge >= 0.3 is 0 Å². The van der Waals surface area contributed by atoms with E-state index in [1.807, 2.05) is 49.6 Å². The SMILES string of the molecule is Cc1cccc(-c2n[nH]cc2-c2ccc3ncc(CNCCCN4CCOCC4)cc3n2)n1. The lowest BCUT2D eigenvalue weighted by Crippen LogP contribution is -2.37. The monoisotopic (exact) mass is 443 g/mol. The molecule has 170 valence electrons. The average molecular weight is 444 g/mol. The van der Waals surface area contributed by atoms with Crippen molar-refractivity contribution >= 4 is 11.0 Å². The third-order valence-corrected chi connectivity index (χ3v) is 5.90. The van der Waals surface area contributed by atoms with E-state index in [1.165, 1.54) is 0 Å². The molecule has 2 N–H and O–H groups in total. The van der Waals surface area contributed by atoms with Crippen LogP contribution in [0.2, 0.25) is 0 Å². The number of aromatic amines is 1. The molecule has 0 unspecified atom stereocenters. The van der Waals surface area contributed by atoms with E-state index in [2.05, 4.69) is 36.4 Å². The molecule has 0 aliphatic carbocycles. The zero-order chi connectivity index (χ0) is 22.5. The number of nitrogens with one attached hydrogen (secondary N) is 2. The second kappa shape index (κ2) is 10.2. The van der Waals surface area contributed by atoms with Gasteiger partial charge in [-0.25, -0.2) is 4.98 Å². The number of nitrogens with zero attached hydrogens (tertiary/aromatic N) is 5. The van der Waals surface area contributed by atoms with E-state index >= 15 is 0 Å². The highest BCUT2D eigenvalue weighted by Gasteiger charge is 2.14. The fourth-order valence-corrected chi connectivity index (χ4v) is 4.14. The van der Waals surface area contributed by atoms with Crippen LogP contribution in [0, 0.1) is 6.92 Å². The molecule has 0 aromatic carbocycles. The minimum atomic E-state index is 0.780. The van der Waals surface area contributed by atoms with Crippen molar-refractivity contribution in [2.45, 2.75) is 19.9 Å². The summed E-state index contributed by atoms with van der Waals surface area (Å²) in [5.41, 5.74) is 7.27. The molecule has 0 bridgehead atoms. The van der Waals surface area contributed by atoms with E-state index in [0.717, 1.165) is 97.3 Å². The Morgan fingerprint density at radius 1 is 1.06 bits per heavy atom. The molecule has 5 heterocycles. The van der Waals surface area contributed by atoms with E-state index in [1.54, 1.807) is 0 Å². The van der Waals surface area contributed by atoms with Gasteiger partial charge in [0.2, 0.25) is 0 Å². The van der Waals surface area contributed by atoms with Crippen LogP contribution in [0.15, 0.2) is 48.8 Å². The van der Waals surface area contributed by atoms with Gasteiger partial charge in [0.25, 0.3) is 0 Å². The maximum absolute atomic E-state index is 5.41. The zero-order valence-corrected chi connectivity index (χ0v) is 18.9. The normalized spacial score (nSPS) is 14.7. The van der Waals surface area contributed by atoms with Crippen molar-refractivity contribution in [3.63, 3.8) is 0 Å². The first kappa shape index (κ1) is 21.6. The van der Waals surface area contributed by atoms with Crippen LogP contribution >= 0.6 is 0 Å². The molecule has 4 aromatic heterocycles. The molecule has 0 atom stereocenters. The molecule has 4 aromatic rings. The minimum absolute atomic E-state index is 0.780. The Morgan fingerprint density at radius 2 is 1.97 bits per heavy atom. The first-order valence-corrected chi connectivity index (χ1v) is 11.5. The van der Waals surface area contributed by atoms with Gasteiger partial charge in [-0.3, -0.25) is 20.0 Å². The third-order valence-electron chi connectivity index (χ3n) is 5.90. The van der Waals surface area contributed by atoms with Crippen LogP contribution in [0.4, 0.5) is 0 Å². The maximum atomic E-state index is 5.41. The van der Waals surface area contributed by atoms with Crippen molar-refractivity contribution in [1.29, 1.82) is 0 Å². The summed E-state index contributed by atoms with van der Waals surface area (Å²) in [7, 11) is 0. The molecule has 33 heavy (non-hydrogen) atoms. The van der Waals surface area contributed by atoms with E-state index < -0.39 is 0 Å². The predicted molar refractivity (Wildman–Crippen MR) is 129 cm³/mol. The topological polar surface area (TPSA) is 91.9 Å². The van der Waals surface area contributed by atoms with Gasteiger partial charge in [-0.1, -0.05) is 6.07 Å². The Kier molecular flexibility index (Phi) is 6.66. The minimum Gasteiger partial charge on any atom is -0.379 e. The number of hydrogen-bond acceptors (Lipinski definition) is 7. The summed E-state index contributed by atoms with van der Waals surface area (Å²) < 4.78 is 5.41. The summed E-state index contributed by atoms with van der Waals surface area (Å²) in [6.45, 7) is 8.64. The van der Waals surface area contributed by atoms with Gasteiger partial charge in [0.15, 0.2) is 0 Å². The molecule has 1 aliphatic heterocycles. The van der Waals surface area contributed by atoms with Crippen molar-refractivity contribution in [3.8, 4) is 22.6 Å². The first-order valence-electron chi connectivity index (χ1n) is 11.5. The fourth-order valence-electron chi connectivity index (χ4n) is 4.14. The van der Waals surface area contributed by atoms with E-state index in [4.69, 9.17) is 9.72 Å². The van der Waals surface area contributed by atoms with Crippen molar-refractivity contribution in [1.82, 2.24) is 35.4 Å². The summed E-state index contributed by atoms with van der Waals surface area (Å²) in [5.74, 6) is 0. The number of hydrogen-bond donors (Lipinski definition) is 2. The summed E-state index contributed by atoms with van der Waals surface area (Å²) in [4.78, 5) is 16.6. The molecule has 0 saturated carbocycles. The largest absolute Gasteiger partial charge is 0.379 e. The summed E-state index contributed by atoms with van der Waals surface area (Å²) in [5, 5.41) is 10.9.